The first-order valence-corrected chi connectivity index (χ1v) is 7.55. The van der Waals surface area contributed by atoms with Crippen molar-refractivity contribution in [3.63, 3.8) is 0 Å². The van der Waals surface area contributed by atoms with Crippen molar-refractivity contribution in [3.8, 4) is 5.75 Å². The van der Waals surface area contributed by atoms with E-state index in [1.54, 1.807) is 11.8 Å². The lowest BCUT2D eigenvalue weighted by Crippen LogP contribution is -2.42. The van der Waals surface area contributed by atoms with E-state index in [1.807, 2.05) is 0 Å². The standard InChI is InChI=1S/C13H14BFO4S/c15-9-5-4-7-6-10(20-8-2-1-3-8)14(18)19-12(7)11(9)13(16)17/h4-5,8,10,18H,1-3,6H2,(H,16,17)/t10-/m0/s1. The highest BCUT2D eigenvalue weighted by Crippen LogP contribution is 2.40. The first-order chi connectivity index (χ1) is 9.56. The number of hydrogen-bond donors (Lipinski definition) is 2. The molecule has 7 heteroatoms. The largest absolute Gasteiger partial charge is 0.536 e. The maximum Gasteiger partial charge on any atom is 0.536 e. The lowest BCUT2D eigenvalue weighted by Gasteiger charge is -2.33. The molecule has 1 fully saturated rings. The molecule has 2 aliphatic rings. The van der Waals surface area contributed by atoms with Gasteiger partial charge in [0, 0.05) is 5.25 Å². The van der Waals surface area contributed by atoms with E-state index < -0.39 is 24.5 Å². The van der Waals surface area contributed by atoms with E-state index in [-0.39, 0.29) is 10.9 Å². The quantitative estimate of drug-likeness (QED) is 0.836. The molecule has 1 aromatic rings. The molecule has 1 saturated carbocycles. The molecule has 0 radical (unpaired) electrons. The van der Waals surface area contributed by atoms with Gasteiger partial charge in [0.05, 0.1) is 5.15 Å². The van der Waals surface area contributed by atoms with Crippen LogP contribution in [0.4, 0.5) is 4.39 Å². The van der Waals surface area contributed by atoms with E-state index in [1.165, 1.54) is 12.5 Å². The van der Waals surface area contributed by atoms with Crippen LogP contribution in [-0.2, 0) is 6.42 Å². The first-order valence-electron chi connectivity index (χ1n) is 6.61. The fourth-order valence-corrected chi connectivity index (χ4v) is 4.05. The van der Waals surface area contributed by atoms with Gasteiger partial charge in [-0.2, -0.15) is 11.8 Å². The van der Waals surface area contributed by atoms with Crippen LogP contribution in [-0.4, -0.2) is 33.6 Å². The normalized spacial score (nSPS) is 21.9. The third-order valence-corrected chi connectivity index (χ3v) is 5.40. The third-order valence-electron chi connectivity index (χ3n) is 3.80. The molecule has 0 saturated heterocycles. The Labute approximate surface area is 120 Å². The number of fused-ring (bicyclic) bond motifs is 1. The average molecular weight is 296 g/mol. The number of hydrogen-bond acceptors (Lipinski definition) is 4. The monoisotopic (exact) mass is 296 g/mol. The predicted octanol–water partition coefficient (Wildman–Crippen LogP) is 2.13. The van der Waals surface area contributed by atoms with E-state index in [4.69, 9.17) is 9.76 Å². The van der Waals surface area contributed by atoms with Gasteiger partial charge in [-0.3, -0.25) is 0 Å². The molecule has 2 N–H and O–H groups in total. The molecule has 4 nitrogen and oxygen atoms in total. The van der Waals surface area contributed by atoms with Gasteiger partial charge in [0.2, 0.25) is 0 Å². The molecule has 1 aromatic carbocycles. The average Bonchev–Trinajstić information content (AvgIpc) is 2.33. The van der Waals surface area contributed by atoms with Gasteiger partial charge < -0.3 is 14.8 Å². The highest BCUT2D eigenvalue weighted by atomic mass is 32.2. The van der Waals surface area contributed by atoms with E-state index in [2.05, 4.69) is 0 Å². The molecule has 0 unspecified atom stereocenters. The van der Waals surface area contributed by atoms with Crippen molar-refractivity contribution < 1.29 is 24.0 Å². The van der Waals surface area contributed by atoms with Crippen LogP contribution in [0.15, 0.2) is 12.1 Å². The summed E-state index contributed by atoms with van der Waals surface area (Å²) < 4.78 is 18.9. The van der Waals surface area contributed by atoms with E-state index in [0.717, 1.165) is 18.9 Å². The lowest BCUT2D eigenvalue weighted by atomic mass is 9.77. The van der Waals surface area contributed by atoms with Crippen LogP contribution in [0.1, 0.15) is 35.2 Å². The van der Waals surface area contributed by atoms with Crippen molar-refractivity contribution >= 4 is 24.8 Å². The summed E-state index contributed by atoms with van der Waals surface area (Å²) >= 11 is 1.68. The van der Waals surface area contributed by atoms with Crippen LogP contribution in [0, 0.1) is 5.82 Å². The van der Waals surface area contributed by atoms with Crippen molar-refractivity contribution in [2.24, 2.45) is 0 Å². The predicted molar refractivity (Wildman–Crippen MR) is 74.7 cm³/mol. The van der Waals surface area contributed by atoms with Crippen LogP contribution in [0.25, 0.3) is 0 Å². The van der Waals surface area contributed by atoms with E-state index in [0.29, 0.717) is 17.2 Å². The molecule has 0 amide bonds. The summed E-state index contributed by atoms with van der Waals surface area (Å²) in [6.45, 7) is 0. The molecule has 106 valence electrons. The van der Waals surface area contributed by atoms with Gasteiger partial charge in [0.1, 0.15) is 17.1 Å². The summed E-state index contributed by atoms with van der Waals surface area (Å²) in [6.07, 6.45) is 4.00. The molecule has 3 rings (SSSR count). The molecule has 1 atom stereocenters. The van der Waals surface area contributed by atoms with Crippen molar-refractivity contribution in [2.45, 2.75) is 36.1 Å². The second-order valence-corrected chi connectivity index (χ2v) is 6.70. The van der Waals surface area contributed by atoms with Gasteiger partial charge in [0.15, 0.2) is 0 Å². The zero-order valence-electron chi connectivity index (χ0n) is 10.7. The number of thioether (sulfide) groups is 1. The Morgan fingerprint density at radius 2 is 2.20 bits per heavy atom. The van der Waals surface area contributed by atoms with Crippen molar-refractivity contribution in [3.05, 3.63) is 29.1 Å². The molecule has 1 heterocycles. The Morgan fingerprint density at radius 1 is 1.45 bits per heavy atom. The second kappa shape index (κ2) is 5.29. The van der Waals surface area contributed by atoms with Gasteiger partial charge in [-0.1, -0.05) is 12.5 Å². The minimum atomic E-state index is -1.38. The van der Waals surface area contributed by atoms with Gasteiger partial charge in [-0.15, -0.1) is 0 Å². The molecule has 0 aromatic heterocycles. The third kappa shape index (κ3) is 2.40. The molecule has 20 heavy (non-hydrogen) atoms. The number of benzene rings is 1. The Kier molecular flexibility index (Phi) is 3.64. The first kappa shape index (κ1) is 13.8. The molecule has 0 bridgehead atoms. The molecular formula is C13H14BFO4S. The number of carboxylic acids is 1. The van der Waals surface area contributed by atoms with Crippen molar-refractivity contribution in [1.82, 2.24) is 0 Å². The Balaban J connectivity index is 1.87. The van der Waals surface area contributed by atoms with Crippen molar-refractivity contribution in [1.29, 1.82) is 0 Å². The highest BCUT2D eigenvalue weighted by molar-refractivity contribution is 8.01. The van der Waals surface area contributed by atoms with Crippen LogP contribution in [0.3, 0.4) is 0 Å². The molecule has 1 aliphatic carbocycles. The topological polar surface area (TPSA) is 66.8 Å². The summed E-state index contributed by atoms with van der Waals surface area (Å²) in [5.74, 6) is -2.25. The maximum atomic E-state index is 13.6. The van der Waals surface area contributed by atoms with Crippen molar-refractivity contribution in [2.75, 3.05) is 0 Å². The number of aromatic carboxylic acids is 1. The highest BCUT2D eigenvalue weighted by Gasteiger charge is 2.40. The summed E-state index contributed by atoms with van der Waals surface area (Å²) in [4.78, 5) is 11.1. The van der Waals surface area contributed by atoms with Gasteiger partial charge in [-0.05, 0) is 30.9 Å². The van der Waals surface area contributed by atoms with E-state index in [9.17, 15) is 14.2 Å². The fraction of sp³-hybridized carbons (Fsp3) is 0.462. The van der Waals surface area contributed by atoms with Gasteiger partial charge in [0.25, 0.3) is 0 Å². The Bertz CT molecular complexity index is 549. The van der Waals surface area contributed by atoms with Gasteiger partial charge in [-0.25, -0.2) is 9.18 Å². The second-order valence-electron chi connectivity index (χ2n) is 5.16. The van der Waals surface area contributed by atoms with Crippen LogP contribution < -0.4 is 4.65 Å². The van der Waals surface area contributed by atoms with Crippen LogP contribution >= 0.6 is 11.8 Å². The summed E-state index contributed by atoms with van der Waals surface area (Å²) in [5, 5.41) is 19.5. The SMILES string of the molecule is O=C(O)c1c(F)ccc2c1OB(O)[C@@H](SC1CCC1)C2. The van der Waals surface area contributed by atoms with Gasteiger partial charge >= 0.3 is 13.1 Å². The maximum absolute atomic E-state index is 13.6. The number of rotatable bonds is 3. The summed E-state index contributed by atoms with van der Waals surface area (Å²) in [5.41, 5.74) is 0.152. The minimum absolute atomic E-state index is 0.0320. The number of halogens is 1. The number of carboxylic acid groups (broad SMARTS) is 1. The Morgan fingerprint density at radius 3 is 2.80 bits per heavy atom. The molecule has 1 aliphatic heterocycles. The molecular weight excluding hydrogens is 282 g/mol. The lowest BCUT2D eigenvalue weighted by molar-refractivity contribution is 0.0689. The minimum Gasteiger partial charge on any atom is -0.535 e. The van der Waals surface area contributed by atoms with Crippen LogP contribution in [0.5, 0.6) is 5.75 Å². The number of carbonyl (C=O) groups is 1. The fourth-order valence-electron chi connectivity index (χ4n) is 2.48. The zero-order valence-corrected chi connectivity index (χ0v) is 11.5. The smallest absolute Gasteiger partial charge is 0.535 e. The van der Waals surface area contributed by atoms with E-state index >= 15 is 0 Å². The summed E-state index contributed by atoms with van der Waals surface area (Å²) in [6, 6.07) is 2.69. The van der Waals surface area contributed by atoms with Crippen LogP contribution in [0.2, 0.25) is 0 Å². The Hall–Kier alpha value is -1.21. The molecule has 0 spiro atoms. The summed E-state index contributed by atoms with van der Waals surface area (Å²) in [7, 11) is -1.09. The zero-order chi connectivity index (χ0) is 14.3.